The molecular formula is C23H25N3OS. The number of thiazole rings is 1. The van der Waals surface area contributed by atoms with Gasteiger partial charge in [-0.25, -0.2) is 4.98 Å². The third-order valence-electron chi connectivity index (χ3n) is 6.17. The molecule has 0 radical (unpaired) electrons. The largest absolute Gasteiger partial charge is 0.310 e. The van der Waals surface area contributed by atoms with Gasteiger partial charge in [0.2, 0.25) is 5.91 Å². The summed E-state index contributed by atoms with van der Waals surface area (Å²) in [5, 5.41) is 1.22. The van der Waals surface area contributed by atoms with Gasteiger partial charge in [0.05, 0.1) is 21.3 Å². The normalized spacial score (nSPS) is 21.0. The predicted octanol–water partition coefficient (Wildman–Crippen LogP) is 4.45. The summed E-state index contributed by atoms with van der Waals surface area (Å²) < 4.78 is 1.26. The highest BCUT2D eigenvalue weighted by Crippen LogP contribution is 2.34. The standard InChI is InChI=1S/C23H25N3OS/c1-16(23(27)26-14-12-17-7-2-4-10-20(17)26)25-13-6-8-18(15-25)22-24-19-9-3-5-11-21(19)28-22/h2-5,7,9-11,16,18H,6,8,12-15H2,1H3/t16-,18+/m0/s1. The van der Waals surface area contributed by atoms with Crippen LogP contribution in [0, 0.1) is 0 Å². The fraction of sp³-hybridized carbons (Fsp3) is 0.391. The monoisotopic (exact) mass is 391 g/mol. The molecule has 2 aliphatic heterocycles. The quantitative estimate of drug-likeness (QED) is 0.662. The molecule has 5 rings (SSSR count). The maximum atomic E-state index is 13.3. The third-order valence-corrected chi connectivity index (χ3v) is 7.37. The summed E-state index contributed by atoms with van der Waals surface area (Å²) in [6.45, 7) is 4.79. The molecule has 4 nitrogen and oxygen atoms in total. The molecule has 2 atom stereocenters. The van der Waals surface area contributed by atoms with Gasteiger partial charge in [-0.1, -0.05) is 30.3 Å². The SMILES string of the molecule is C[C@@H](C(=O)N1CCc2ccccc21)N1CCC[C@@H](c2nc3ccccc3s2)C1. The van der Waals surface area contributed by atoms with Gasteiger partial charge >= 0.3 is 0 Å². The molecule has 0 unspecified atom stereocenters. The molecule has 5 heteroatoms. The van der Waals surface area contributed by atoms with Crippen LogP contribution in [0.1, 0.15) is 36.3 Å². The van der Waals surface area contributed by atoms with E-state index in [1.165, 1.54) is 15.3 Å². The Balaban J connectivity index is 1.32. The van der Waals surface area contributed by atoms with Crippen molar-refractivity contribution in [3.63, 3.8) is 0 Å². The van der Waals surface area contributed by atoms with Gasteiger partial charge in [-0.3, -0.25) is 9.69 Å². The molecule has 3 heterocycles. The summed E-state index contributed by atoms with van der Waals surface area (Å²) in [4.78, 5) is 22.5. The first-order valence-electron chi connectivity index (χ1n) is 10.2. The van der Waals surface area contributed by atoms with Crippen LogP contribution < -0.4 is 4.90 Å². The van der Waals surface area contributed by atoms with Crippen LogP contribution in [0.3, 0.4) is 0 Å². The lowest BCUT2D eigenvalue weighted by Crippen LogP contribution is -2.49. The van der Waals surface area contributed by atoms with Gasteiger partial charge in [-0.2, -0.15) is 0 Å². The molecule has 2 aromatic carbocycles. The first-order chi connectivity index (χ1) is 13.7. The van der Waals surface area contributed by atoms with E-state index in [1.807, 2.05) is 28.4 Å². The van der Waals surface area contributed by atoms with Gasteiger partial charge in [0.15, 0.2) is 0 Å². The van der Waals surface area contributed by atoms with Crippen LogP contribution in [0.2, 0.25) is 0 Å². The van der Waals surface area contributed by atoms with Crippen molar-refractivity contribution in [3.05, 3.63) is 59.1 Å². The number of carbonyl (C=O) groups excluding carboxylic acids is 1. The fourth-order valence-corrected chi connectivity index (χ4v) is 5.67. The number of aromatic nitrogens is 1. The Morgan fingerprint density at radius 1 is 1.14 bits per heavy atom. The van der Waals surface area contributed by atoms with E-state index >= 15 is 0 Å². The lowest BCUT2D eigenvalue weighted by molar-refractivity contribution is -0.123. The van der Waals surface area contributed by atoms with Crippen molar-refractivity contribution in [2.24, 2.45) is 0 Å². The number of hydrogen-bond acceptors (Lipinski definition) is 4. The van der Waals surface area contributed by atoms with Crippen LogP contribution in [0.25, 0.3) is 10.2 Å². The molecule has 2 aliphatic rings. The zero-order valence-corrected chi connectivity index (χ0v) is 17.0. The Hall–Kier alpha value is -2.24. The van der Waals surface area contributed by atoms with Crippen LogP contribution in [0.5, 0.6) is 0 Å². The number of fused-ring (bicyclic) bond motifs is 2. The minimum Gasteiger partial charge on any atom is -0.310 e. The van der Waals surface area contributed by atoms with E-state index < -0.39 is 0 Å². The Bertz CT molecular complexity index is 981. The predicted molar refractivity (Wildman–Crippen MR) is 115 cm³/mol. The van der Waals surface area contributed by atoms with Crippen LogP contribution in [-0.4, -0.2) is 41.5 Å². The second-order valence-electron chi connectivity index (χ2n) is 7.90. The maximum Gasteiger partial charge on any atom is 0.244 e. The highest BCUT2D eigenvalue weighted by molar-refractivity contribution is 7.18. The molecule has 0 saturated carbocycles. The molecule has 0 aliphatic carbocycles. The van der Waals surface area contributed by atoms with Crippen LogP contribution in [0.4, 0.5) is 5.69 Å². The lowest BCUT2D eigenvalue weighted by Gasteiger charge is -2.37. The van der Waals surface area contributed by atoms with Gasteiger partial charge < -0.3 is 4.90 Å². The van der Waals surface area contributed by atoms with Crippen molar-refractivity contribution >= 4 is 33.1 Å². The summed E-state index contributed by atoms with van der Waals surface area (Å²) >= 11 is 1.81. The second-order valence-corrected chi connectivity index (χ2v) is 8.96. The lowest BCUT2D eigenvalue weighted by atomic mass is 9.97. The molecule has 3 aromatic rings. The Morgan fingerprint density at radius 2 is 1.96 bits per heavy atom. The molecule has 28 heavy (non-hydrogen) atoms. The minimum atomic E-state index is -0.0941. The van der Waals surface area contributed by atoms with E-state index in [4.69, 9.17) is 4.98 Å². The molecule has 1 fully saturated rings. The zero-order chi connectivity index (χ0) is 19.1. The van der Waals surface area contributed by atoms with Crippen molar-refractivity contribution in [2.45, 2.75) is 38.1 Å². The molecule has 1 saturated heterocycles. The van der Waals surface area contributed by atoms with Crippen molar-refractivity contribution in [2.75, 3.05) is 24.5 Å². The fourth-order valence-electron chi connectivity index (χ4n) is 4.57. The molecule has 1 amide bonds. The number of benzene rings is 2. The molecule has 0 bridgehead atoms. The number of piperidine rings is 1. The molecule has 0 spiro atoms. The average molecular weight is 392 g/mol. The number of nitrogens with zero attached hydrogens (tertiary/aromatic N) is 3. The molecular weight excluding hydrogens is 366 g/mol. The van der Waals surface area contributed by atoms with E-state index in [1.54, 1.807) is 0 Å². The number of para-hydroxylation sites is 2. The number of hydrogen-bond donors (Lipinski definition) is 0. The average Bonchev–Trinajstić information content (AvgIpc) is 3.37. The summed E-state index contributed by atoms with van der Waals surface area (Å²) in [6.07, 6.45) is 3.24. The van der Waals surface area contributed by atoms with Gasteiger partial charge in [0.25, 0.3) is 0 Å². The van der Waals surface area contributed by atoms with Crippen LogP contribution in [0.15, 0.2) is 48.5 Å². The highest BCUT2D eigenvalue weighted by Gasteiger charge is 2.34. The van der Waals surface area contributed by atoms with Gasteiger partial charge in [0.1, 0.15) is 0 Å². The summed E-state index contributed by atoms with van der Waals surface area (Å²) in [5.74, 6) is 0.655. The maximum absolute atomic E-state index is 13.3. The zero-order valence-electron chi connectivity index (χ0n) is 16.2. The smallest absolute Gasteiger partial charge is 0.244 e. The topological polar surface area (TPSA) is 36.4 Å². The van der Waals surface area contributed by atoms with Crippen molar-refractivity contribution < 1.29 is 4.79 Å². The first-order valence-corrected chi connectivity index (χ1v) is 11.0. The van der Waals surface area contributed by atoms with Crippen molar-refractivity contribution in [3.8, 4) is 0 Å². The minimum absolute atomic E-state index is 0.0941. The number of carbonyl (C=O) groups is 1. The van der Waals surface area contributed by atoms with Crippen LogP contribution in [-0.2, 0) is 11.2 Å². The molecule has 1 aromatic heterocycles. The summed E-state index contributed by atoms with van der Waals surface area (Å²) in [5.41, 5.74) is 3.48. The number of likely N-dealkylation sites (tertiary alicyclic amines) is 1. The highest BCUT2D eigenvalue weighted by atomic mass is 32.1. The number of anilines is 1. The van der Waals surface area contributed by atoms with Gasteiger partial charge in [0, 0.05) is 24.7 Å². The van der Waals surface area contributed by atoms with E-state index in [0.29, 0.717) is 5.92 Å². The number of rotatable bonds is 3. The van der Waals surface area contributed by atoms with Crippen molar-refractivity contribution in [1.82, 2.24) is 9.88 Å². The van der Waals surface area contributed by atoms with Crippen molar-refractivity contribution in [1.29, 1.82) is 0 Å². The van der Waals surface area contributed by atoms with E-state index in [0.717, 1.165) is 50.1 Å². The third kappa shape index (κ3) is 3.12. The first kappa shape index (κ1) is 17.8. The van der Waals surface area contributed by atoms with E-state index in [-0.39, 0.29) is 11.9 Å². The molecule has 0 N–H and O–H groups in total. The van der Waals surface area contributed by atoms with E-state index in [2.05, 4.69) is 48.2 Å². The van der Waals surface area contributed by atoms with Gasteiger partial charge in [-0.15, -0.1) is 11.3 Å². The van der Waals surface area contributed by atoms with Crippen LogP contribution >= 0.6 is 11.3 Å². The Morgan fingerprint density at radius 3 is 2.86 bits per heavy atom. The molecule has 144 valence electrons. The summed E-state index contributed by atoms with van der Waals surface area (Å²) in [6, 6.07) is 16.6. The van der Waals surface area contributed by atoms with Gasteiger partial charge in [-0.05, 0) is 56.5 Å². The van der Waals surface area contributed by atoms with E-state index in [9.17, 15) is 4.79 Å². The second kappa shape index (κ2) is 7.30. The summed E-state index contributed by atoms with van der Waals surface area (Å²) in [7, 11) is 0. The Labute approximate surface area is 169 Å². The Kier molecular flexibility index (Phi) is 4.65. The number of amides is 1.